The molecule has 1 saturated heterocycles. The molecule has 2 amide bonds. The molecule has 1 atom stereocenters. The van der Waals surface area contributed by atoms with Crippen LogP contribution in [0, 0.1) is 0 Å². The van der Waals surface area contributed by atoms with E-state index in [2.05, 4.69) is 10.6 Å². The Bertz CT molecular complexity index is 362. The minimum absolute atomic E-state index is 0.221. The van der Waals surface area contributed by atoms with E-state index in [9.17, 15) is 9.90 Å². The van der Waals surface area contributed by atoms with Crippen molar-refractivity contribution in [3.8, 4) is 0 Å². The normalized spacial score (nSPS) is 23.6. The lowest BCUT2D eigenvalue weighted by atomic mass is 10.0. The average molecular weight is 272 g/mol. The second kappa shape index (κ2) is 5.75. The summed E-state index contributed by atoms with van der Waals surface area (Å²) in [5.74, 6) is 1.67. The Kier molecular flexibility index (Phi) is 4.31. The molecular weight excluding hydrogens is 256 g/mol. The highest BCUT2D eigenvalue weighted by Gasteiger charge is 2.31. The van der Waals surface area contributed by atoms with Crippen molar-refractivity contribution in [1.29, 1.82) is 0 Å². The van der Waals surface area contributed by atoms with Crippen LogP contribution < -0.4 is 10.6 Å². The van der Waals surface area contributed by atoms with Crippen LogP contribution >= 0.6 is 23.1 Å². The summed E-state index contributed by atoms with van der Waals surface area (Å²) in [4.78, 5) is 11.5. The summed E-state index contributed by atoms with van der Waals surface area (Å²) in [7, 11) is 0. The number of carbonyl (C=O) groups excluding carboxylic acids is 1. The van der Waals surface area contributed by atoms with Crippen molar-refractivity contribution in [2.75, 3.05) is 18.1 Å². The third-order valence-corrected chi connectivity index (χ3v) is 4.66. The number of thioether (sulfide) groups is 1. The lowest BCUT2D eigenvalue weighted by Crippen LogP contribution is -2.46. The molecule has 1 aliphatic rings. The summed E-state index contributed by atoms with van der Waals surface area (Å²) in [5.41, 5.74) is 0.380. The highest BCUT2D eigenvalue weighted by atomic mass is 32.2. The van der Waals surface area contributed by atoms with Crippen LogP contribution in [0.1, 0.15) is 12.0 Å². The Morgan fingerprint density at radius 2 is 2.41 bits per heavy atom. The van der Waals surface area contributed by atoms with Crippen LogP contribution in [-0.4, -0.2) is 34.8 Å². The van der Waals surface area contributed by atoms with Crippen LogP contribution in [0.3, 0.4) is 0 Å². The molecule has 0 aromatic carbocycles. The standard InChI is InChI=1S/C11H16N2O2S2/c14-10(12-5-9-1-3-16-6-9)13-7-11(15)2-4-17-8-11/h1,3,6,15H,2,4-5,7-8H2,(H2,12,13,14). The minimum Gasteiger partial charge on any atom is -0.387 e. The molecule has 17 heavy (non-hydrogen) atoms. The molecule has 6 heteroatoms. The molecule has 4 nitrogen and oxygen atoms in total. The number of hydrogen-bond donors (Lipinski definition) is 3. The van der Waals surface area contributed by atoms with Crippen molar-refractivity contribution in [2.45, 2.75) is 18.6 Å². The van der Waals surface area contributed by atoms with Gasteiger partial charge in [-0.1, -0.05) is 0 Å². The van der Waals surface area contributed by atoms with Gasteiger partial charge in [-0.25, -0.2) is 4.79 Å². The molecule has 0 radical (unpaired) electrons. The van der Waals surface area contributed by atoms with Crippen molar-refractivity contribution >= 4 is 29.1 Å². The van der Waals surface area contributed by atoms with Crippen LogP contribution in [0.25, 0.3) is 0 Å². The second-order valence-electron chi connectivity index (χ2n) is 4.19. The van der Waals surface area contributed by atoms with Crippen molar-refractivity contribution < 1.29 is 9.90 Å². The minimum atomic E-state index is -0.718. The summed E-state index contributed by atoms with van der Waals surface area (Å²) < 4.78 is 0. The molecule has 1 aromatic heterocycles. The first-order valence-corrected chi connectivity index (χ1v) is 7.61. The maximum atomic E-state index is 11.5. The molecule has 0 spiro atoms. The molecule has 3 N–H and O–H groups in total. The van der Waals surface area contributed by atoms with Crippen molar-refractivity contribution in [1.82, 2.24) is 10.6 Å². The second-order valence-corrected chi connectivity index (χ2v) is 6.08. The molecule has 0 aliphatic carbocycles. The summed E-state index contributed by atoms with van der Waals surface area (Å²) in [6.45, 7) is 0.859. The Morgan fingerprint density at radius 3 is 3.06 bits per heavy atom. The third-order valence-electron chi connectivity index (χ3n) is 2.69. The number of thiophene rings is 1. The smallest absolute Gasteiger partial charge is 0.315 e. The molecule has 1 aliphatic heterocycles. The molecule has 1 unspecified atom stereocenters. The summed E-state index contributed by atoms with van der Waals surface area (Å²) in [6.07, 6.45) is 0.752. The Balaban J connectivity index is 1.67. The van der Waals surface area contributed by atoms with Gasteiger partial charge >= 0.3 is 6.03 Å². The average Bonchev–Trinajstić information content (AvgIpc) is 2.95. The zero-order valence-electron chi connectivity index (χ0n) is 9.44. The number of carbonyl (C=O) groups is 1. The van der Waals surface area contributed by atoms with E-state index >= 15 is 0 Å². The summed E-state index contributed by atoms with van der Waals surface area (Å²) in [6, 6.07) is 1.76. The van der Waals surface area contributed by atoms with E-state index in [1.807, 2.05) is 16.8 Å². The number of hydrogen-bond acceptors (Lipinski definition) is 4. The van der Waals surface area contributed by atoms with Crippen molar-refractivity contribution in [3.05, 3.63) is 22.4 Å². The van der Waals surface area contributed by atoms with Gasteiger partial charge in [-0.2, -0.15) is 23.1 Å². The molecule has 94 valence electrons. The SMILES string of the molecule is O=C(NCc1ccsc1)NCC1(O)CCSC1. The van der Waals surface area contributed by atoms with Gasteiger partial charge in [-0.15, -0.1) is 0 Å². The summed E-state index contributed by atoms with van der Waals surface area (Å²) >= 11 is 3.33. The van der Waals surface area contributed by atoms with Gasteiger partial charge in [0.15, 0.2) is 0 Å². The van der Waals surface area contributed by atoms with Crippen LogP contribution in [0.2, 0.25) is 0 Å². The van der Waals surface area contributed by atoms with E-state index in [-0.39, 0.29) is 6.03 Å². The number of aliphatic hydroxyl groups is 1. The monoisotopic (exact) mass is 272 g/mol. The molecule has 1 aromatic rings. The maximum Gasteiger partial charge on any atom is 0.315 e. The zero-order chi connectivity index (χ0) is 12.1. The molecular formula is C11H16N2O2S2. The van der Waals surface area contributed by atoms with Gasteiger partial charge < -0.3 is 15.7 Å². The third kappa shape index (κ3) is 3.90. The molecule has 0 bridgehead atoms. The van der Waals surface area contributed by atoms with Crippen LogP contribution in [0.15, 0.2) is 16.8 Å². The lowest BCUT2D eigenvalue weighted by Gasteiger charge is -2.21. The van der Waals surface area contributed by atoms with Crippen molar-refractivity contribution in [3.63, 3.8) is 0 Å². The predicted molar refractivity (Wildman–Crippen MR) is 71.4 cm³/mol. The Hall–Kier alpha value is -0.720. The molecule has 1 fully saturated rings. The van der Waals surface area contributed by atoms with Gasteiger partial charge in [0.2, 0.25) is 0 Å². The highest BCUT2D eigenvalue weighted by molar-refractivity contribution is 7.99. The fourth-order valence-electron chi connectivity index (χ4n) is 1.62. The number of nitrogens with one attached hydrogen (secondary N) is 2. The van der Waals surface area contributed by atoms with E-state index in [4.69, 9.17) is 0 Å². The topological polar surface area (TPSA) is 61.4 Å². The van der Waals surface area contributed by atoms with Gasteiger partial charge in [0.25, 0.3) is 0 Å². The van der Waals surface area contributed by atoms with Gasteiger partial charge in [0, 0.05) is 18.8 Å². The fourth-order valence-corrected chi connectivity index (χ4v) is 3.58. The van der Waals surface area contributed by atoms with E-state index in [1.165, 1.54) is 0 Å². The highest BCUT2D eigenvalue weighted by Crippen LogP contribution is 2.26. The van der Waals surface area contributed by atoms with E-state index in [0.29, 0.717) is 18.8 Å². The predicted octanol–water partition coefficient (Wildman–Crippen LogP) is 1.42. The van der Waals surface area contributed by atoms with E-state index < -0.39 is 5.60 Å². The molecule has 2 heterocycles. The summed E-state index contributed by atoms with van der Waals surface area (Å²) in [5, 5.41) is 19.5. The van der Waals surface area contributed by atoms with E-state index in [1.54, 1.807) is 23.1 Å². The first kappa shape index (κ1) is 12.7. The first-order valence-electron chi connectivity index (χ1n) is 5.51. The lowest BCUT2D eigenvalue weighted by molar-refractivity contribution is 0.0700. The first-order chi connectivity index (χ1) is 8.18. The van der Waals surface area contributed by atoms with Gasteiger partial charge in [0.1, 0.15) is 0 Å². The molecule has 0 saturated carbocycles. The number of amides is 2. The van der Waals surface area contributed by atoms with Crippen LogP contribution in [0.5, 0.6) is 0 Å². The maximum absolute atomic E-state index is 11.5. The van der Waals surface area contributed by atoms with Crippen LogP contribution in [-0.2, 0) is 6.54 Å². The zero-order valence-corrected chi connectivity index (χ0v) is 11.1. The quantitative estimate of drug-likeness (QED) is 0.777. The number of rotatable bonds is 4. The van der Waals surface area contributed by atoms with E-state index in [0.717, 1.165) is 17.7 Å². The largest absolute Gasteiger partial charge is 0.387 e. The van der Waals surface area contributed by atoms with Gasteiger partial charge in [-0.05, 0) is 34.6 Å². The Morgan fingerprint density at radius 1 is 1.53 bits per heavy atom. The van der Waals surface area contributed by atoms with Gasteiger partial charge in [-0.3, -0.25) is 0 Å². The fraction of sp³-hybridized carbons (Fsp3) is 0.545. The van der Waals surface area contributed by atoms with Crippen molar-refractivity contribution in [2.24, 2.45) is 0 Å². The molecule has 2 rings (SSSR count). The van der Waals surface area contributed by atoms with Crippen LogP contribution in [0.4, 0.5) is 4.79 Å². The Labute approximate surface area is 109 Å². The number of urea groups is 1. The van der Waals surface area contributed by atoms with Gasteiger partial charge in [0.05, 0.1) is 5.60 Å².